The predicted octanol–water partition coefficient (Wildman–Crippen LogP) is 3.07. The molecule has 0 amide bonds. The number of terminal acetylenes is 1. The number of methoxy groups -OCH3 is 1. The van der Waals surface area contributed by atoms with Crippen molar-refractivity contribution in [2.45, 2.75) is 44.7 Å². The number of hydrogen-bond donors (Lipinski definition) is 1. The zero-order valence-electron chi connectivity index (χ0n) is 11.2. The first-order valence-electron chi connectivity index (χ1n) is 6.64. The van der Waals surface area contributed by atoms with Crippen LogP contribution in [0.4, 0.5) is 0 Å². The van der Waals surface area contributed by atoms with Crippen LogP contribution in [0.1, 0.15) is 43.4 Å². The second-order valence-electron chi connectivity index (χ2n) is 4.84. The lowest BCUT2D eigenvalue weighted by atomic mass is 10.0. The molecule has 1 N–H and O–H groups in total. The van der Waals surface area contributed by atoms with Gasteiger partial charge < -0.3 is 10.1 Å². The van der Waals surface area contributed by atoms with Crippen LogP contribution in [0, 0.1) is 12.3 Å². The summed E-state index contributed by atoms with van der Waals surface area (Å²) < 4.78 is 5.31. The Morgan fingerprint density at radius 3 is 3.06 bits per heavy atom. The summed E-state index contributed by atoms with van der Waals surface area (Å²) in [7, 11) is 1.71. The van der Waals surface area contributed by atoms with Crippen molar-refractivity contribution >= 4 is 0 Å². The van der Waals surface area contributed by atoms with Crippen LogP contribution in [0.3, 0.4) is 0 Å². The maximum atomic E-state index is 5.41. The van der Waals surface area contributed by atoms with E-state index >= 15 is 0 Å². The van der Waals surface area contributed by atoms with Gasteiger partial charge in [0.15, 0.2) is 0 Å². The molecule has 2 nitrogen and oxygen atoms in total. The summed E-state index contributed by atoms with van der Waals surface area (Å²) in [6.45, 7) is 2.18. The van der Waals surface area contributed by atoms with Crippen molar-refractivity contribution in [2.24, 2.45) is 0 Å². The molecule has 2 unspecified atom stereocenters. The largest absolute Gasteiger partial charge is 0.497 e. The quantitative estimate of drug-likeness (QED) is 0.802. The van der Waals surface area contributed by atoms with Gasteiger partial charge in [0.1, 0.15) is 5.75 Å². The maximum absolute atomic E-state index is 5.41. The molecule has 0 fully saturated rings. The van der Waals surface area contributed by atoms with E-state index in [9.17, 15) is 0 Å². The number of ether oxygens (including phenoxy) is 1. The molecule has 96 valence electrons. The molecule has 2 heteroatoms. The van der Waals surface area contributed by atoms with E-state index in [2.05, 4.69) is 30.3 Å². The van der Waals surface area contributed by atoms with Crippen molar-refractivity contribution in [3.63, 3.8) is 0 Å². The average Bonchev–Trinajstić information content (AvgIpc) is 2.80. The average molecular weight is 243 g/mol. The van der Waals surface area contributed by atoms with Gasteiger partial charge in [0.25, 0.3) is 0 Å². The smallest absolute Gasteiger partial charge is 0.119 e. The highest BCUT2D eigenvalue weighted by atomic mass is 16.5. The molecule has 1 aromatic rings. The van der Waals surface area contributed by atoms with E-state index in [1.807, 2.05) is 6.07 Å². The Hall–Kier alpha value is -1.46. The van der Waals surface area contributed by atoms with E-state index in [1.165, 1.54) is 11.1 Å². The Morgan fingerprint density at radius 1 is 1.56 bits per heavy atom. The summed E-state index contributed by atoms with van der Waals surface area (Å²) in [4.78, 5) is 0. The number of nitrogens with one attached hydrogen (secondary N) is 1. The first kappa shape index (κ1) is 13.0. The van der Waals surface area contributed by atoms with E-state index in [1.54, 1.807) is 7.11 Å². The molecule has 0 bridgehead atoms. The van der Waals surface area contributed by atoms with Crippen LogP contribution in [0.2, 0.25) is 0 Å². The van der Waals surface area contributed by atoms with Gasteiger partial charge in [-0.3, -0.25) is 0 Å². The third kappa shape index (κ3) is 2.68. The van der Waals surface area contributed by atoms with Crippen LogP contribution in [0.5, 0.6) is 5.75 Å². The van der Waals surface area contributed by atoms with Gasteiger partial charge in [-0.2, -0.15) is 0 Å². The SMILES string of the molecule is C#CCC(CC)NC1CCc2ccc(OC)cc21. The lowest BCUT2D eigenvalue weighted by molar-refractivity contribution is 0.409. The molecule has 18 heavy (non-hydrogen) atoms. The van der Waals surface area contributed by atoms with Crippen molar-refractivity contribution in [1.82, 2.24) is 5.32 Å². The number of aryl methyl sites for hydroxylation is 1. The second kappa shape index (κ2) is 5.93. The Kier molecular flexibility index (Phi) is 4.28. The van der Waals surface area contributed by atoms with Gasteiger partial charge in [-0.25, -0.2) is 0 Å². The van der Waals surface area contributed by atoms with Gasteiger partial charge in [0.2, 0.25) is 0 Å². The van der Waals surface area contributed by atoms with Crippen LogP contribution >= 0.6 is 0 Å². The maximum Gasteiger partial charge on any atom is 0.119 e. The van der Waals surface area contributed by atoms with Crippen LogP contribution < -0.4 is 10.1 Å². The highest BCUT2D eigenvalue weighted by Crippen LogP contribution is 2.34. The summed E-state index contributed by atoms with van der Waals surface area (Å²) >= 11 is 0. The van der Waals surface area contributed by atoms with Gasteiger partial charge >= 0.3 is 0 Å². The minimum Gasteiger partial charge on any atom is -0.497 e. The summed E-state index contributed by atoms with van der Waals surface area (Å²) in [5.74, 6) is 3.69. The molecule has 0 radical (unpaired) electrons. The lowest BCUT2D eigenvalue weighted by Gasteiger charge is -2.21. The molecule has 1 aliphatic rings. The minimum atomic E-state index is 0.414. The number of fused-ring (bicyclic) bond motifs is 1. The van der Waals surface area contributed by atoms with Gasteiger partial charge in [-0.1, -0.05) is 13.0 Å². The third-order valence-corrected chi connectivity index (χ3v) is 3.72. The van der Waals surface area contributed by atoms with Crippen LogP contribution in [-0.4, -0.2) is 13.2 Å². The summed E-state index contributed by atoms with van der Waals surface area (Å²) in [6, 6.07) is 7.21. The Morgan fingerprint density at radius 2 is 2.39 bits per heavy atom. The molecule has 0 aromatic heterocycles. The Labute approximate surface area is 110 Å². The van der Waals surface area contributed by atoms with E-state index in [4.69, 9.17) is 11.2 Å². The molecule has 2 atom stereocenters. The first-order valence-corrected chi connectivity index (χ1v) is 6.64. The fourth-order valence-electron chi connectivity index (χ4n) is 2.63. The van der Waals surface area contributed by atoms with E-state index in [0.29, 0.717) is 12.1 Å². The molecular weight excluding hydrogens is 222 g/mol. The first-order chi connectivity index (χ1) is 8.78. The molecule has 0 spiro atoms. The lowest BCUT2D eigenvalue weighted by Crippen LogP contribution is -2.31. The minimum absolute atomic E-state index is 0.414. The van der Waals surface area contributed by atoms with Crippen LogP contribution in [0.25, 0.3) is 0 Å². The second-order valence-corrected chi connectivity index (χ2v) is 4.84. The zero-order chi connectivity index (χ0) is 13.0. The highest BCUT2D eigenvalue weighted by molar-refractivity contribution is 5.40. The fourth-order valence-corrected chi connectivity index (χ4v) is 2.63. The van der Waals surface area contributed by atoms with Crippen molar-refractivity contribution < 1.29 is 4.74 Å². The van der Waals surface area contributed by atoms with Crippen LogP contribution in [-0.2, 0) is 6.42 Å². The number of hydrogen-bond acceptors (Lipinski definition) is 2. The highest BCUT2D eigenvalue weighted by Gasteiger charge is 2.24. The normalized spacial score (nSPS) is 19.1. The Balaban J connectivity index is 2.12. The molecule has 2 rings (SSSR count). The topological polar surface area (TPSA) is 21.3 Å². The Bertz CT molecular complexity index is 447. The van der Waals surface area contributed by atoms with Gasteiger partial charge in [0, 0.05) is 18.5 Å². The molecule has 0 saturated carbocycles. The molecule has 0 heterocycles. The third-order valence-electron chi connectivity index (χ3n) is 3.72. The fraction of sp³-hybridized carbons (Fsp3) is 0.500. The molecule has 0 saturated heterocycles. The zero-order valence-corrected chi connectivity index (χ0v) is 11.2. The van der Waals surface area contributed by atoms with Gasteiger partial charge in [-0.15, -0.1) is 12.3 Å². The molecule has 0 aliphatic heterocycles. The monoisotopic (exact) mass is 243 g/mol. The van der Waals surface area contributed by atoms with Crippen molar-refractivity contribution in [3.8, 4) is 18.1 Å². The molecular formula is C16H21NO. The van der Waals surface area contributed by atoms with Crippen molar-refractivity contribution in [1.29, 1.82) is 0 Å². The predicted molar refractivity (Wildman–Crippen MR) is 74.7 cm³/mol. The van der Waals surface area contributed by atoms with Crippen LogP contribution in [0.15, 0.2) is 18.2 Å². The summed E-state index contributed by atoms with van der Waals surface area (Å²) in [5, 5.41) is 3.68. The molecule has 1 aliphatic carbocycles. The molecule has 1 aromatic carbocycles. The number of benzene rings is 1. The summed E-state index contributed by atoms with van der Waals surface area (Å²) in [6.07, 6.45) is 9.58. The summed E-state index contributed by atoms with van der Waals surface area (Å²) in [5.41, 5.74) is 2.81. The van der Waals surface area contributed by atoms with Gasteiger partial charge in [0.05, 0.1) is 7.11 Å². The van der Waals surface area contributed by atoms with E-state index < -0.39 is 0 Å². The van der Waals surface area contributed by atoms with E-state index in [-0.39, 0.29) is 0 Å². The van der Waals surface area contributed by atoms with Gasteiger partial charge in [-0.05, 0) is 42.5 Å². The van der Waals surface area contributed by atoms with Crippen molar-refractivity contribution in [3.05, 3.63) is 29.3 Å². The standard InChI is InChI=1S/C16H21NO/c1-4-6-13(5-2)17-16-10-8-12-7-9-14(18-3)11-15(12)16/h1,7,9,11,13,16-17H,5-6,8,10H2,2-3H3. The number of rotatable bonds is 5. The van der Waals surface area contributed by atoms with Crippen molar-refractivity contribution in [2.75, 3.05) is 7.11 Å². The van der Waals surface area contributed by atoms with E-state index in [0.717, 1.165) is 31.4 Å².